The molecule has 26 heavy (non-hydrogen) atoms. The summed E-state index contributed by atoms with van der Waals surface area (Å²) in [5, 5.41) is 10.0. The van der Waals surface area contributed by atoms with Gasteiger partial charge in [0, 0.05) is 11.1 Å². The van der Waals surface area contributed by atoms with E-state index >= 15 is 0 Å². The zero-order valence-electron chi connectivity index (χ0n) is 15.7. The Hall–Kier alpha value is -1.24. The second kappa shape index (κ2) is 8.19. The molecule has 0 saturated carbocycles. The standard InChI is InChI=1S/C21H28NO3.BrH/c1-22(2,3)14-20(15-23)16-24-21(25-17-20,18-10-6-4-7-11-18)19-12-8-5-9-13-19;/h4-13,23H,14-17H2,1-3H3;1H/q+1;/p-1. The number of benzene rings is 2. The van der Waals surface area contributed by atoms with Crippen LogP contribution in [0.5, 0.6) is 0 Å². The Labute approximate surface area is 166 Å². The Morgan fingerprint density at radius 1 is 0.846 bits per heavy atom. The molecule has 1 heterocycles. The quantitative estimate of drug-likeness (QED) is 0.669. The molecule has 0 radical (unpaired) electrons. The van der Waals surface area contributed by atoms with Gasteiger partial charge in [0.15, 0.2) is 0 Å². The van der Waals surface area contributed by atoms with Gasteiger partial charge in [-0.2, -0.15) is 0 Å². The highest BCUT2D eigenvalue weighted by molar-refractivity contribution is 5.34. The molecule has 0 aliphatic carbocycles. The van der Waals surface area contributed by atoms with Gasteiger partial charge in [-0.15, -0.1) is 0 Å². The molecule has 142 valence electrons. The van der Waals surface area contributed by atoms with Gasteiger partial charge in [0.05, 0.1) is 52.9 Å². The lowest BCUT2D eigenvalue weighted by Crippen LogP contribution is -3.00. The van der Waals surface area contributed by atoms with Crippen LogP contribution in [0.15, 0.2) is 60.7 Å². The second-order valence-electron chi connectivity index (χ2n) is 8.03. The van der Waals surface area contributed by atoms with E-state index in [2.05, 4.69) is 21.1 Å². The lowest BCUT2D eigenvalue weighted by atomic mass is 9.86. The average molecular weight is 422 g/mol. The second-order valence-corrected chi connectivity index (χ2v) is 8.03. The fourth-order valence-electron chi connectivity index (χ4n) is 3.65. The molecule has 1 N–H and O–H groups in total. The number of aliphatic hydroxyl groups is 1. The van der Waals surface area contributed by atoms with E-state index in [0.717, 1.165) is 22.2 Å². The normalized spacial score (nSPS) is 18.8. The van der Waals surface area contributed by atoms with Crippen LogP contribution in [0.3, 0.4) is 0 Å². The summed E-state index contributed by atoms with van der Waals surface area (Å²) in [5.41, 5.74) is 1.54. The van der Waals surface area contributed by atoms with Crippen LogP contribution in [0.25, 0.3) is 0 Å². The van der Waals surface area contributed by atoms with Crippen molar-refractivity contribution in [2.45, 2.75) is 5.79 Å². The van der Waals surface area contributed by atoms with Crippen LogP contribution >= 0.6 is 0 Å². The number of nitrogens with zero attached hydrogens (tertiary/aromatic N) is 1. The first-order valence-corrected chi connectivity index (χ1v) is 8.70. The van der Waals surface area contributed by atoms with E-state index < -0.39 is 11.2 Å². The third kappa shape index (κ3) is 4.35. The van der Waals surface area contributed by atoms with Gasteiger partial charge in [-0.05, 0) is 0 Å². The van der Waals surface area contributed by atoms with E-state index in [1.807, 2.05) is 60.7 Å². The molecular weight excluding hydrogens is 394 g/mol. The molecule has 3 rings (SSSR count). The maximum atomic E-state index is 10.0. The molecule has 0 spiro atoms. The van der Waals surface area contributed by atoms with Gasteiger partial charge in [-0.1, -0.05) is 60.7 Å². The summed E-state index contributed by atoms with van der Waals surface area (Å²) in [5.74, 6) is -0.925. The Kier molecular flexibility index (Phi) is 6.64. The van der Waals surface area contributed by atoms with Crippen LogP contribution in [0.4, 0.5) is 0 Å². The molecular formula is C21H28BrNO3. The van der Waals surface area contributed by atoms with Crippen molar-refractivity contribution in [3.63, 3.8) is 0 Å². The smallest absolute Gasteiger partial charge is 0.222 e. The first-order valence-electron chi connectivity index (χ1n) is 8.70. The molecule has 0 unspecified atom stereocenters. The Balaban J connectivity index is 0.00000243. The van der Waals surface area contributed by atoms with Crippen molar-refractivity contribution in [1.82, 2.24) is 0 Å². The largest absolute Gasteiger partial charge is 1.00 e. The third-order valence-electron chi connectivity index (χ3n) is 4.62. The number of hydrogen-bond donors (Lipinski definition) is 1. The highest BCUT2D eigenvalue weighted by atomic mass is 79.9. The van der Waals surface area contributed by atoms with E-state index in [-0.39, 0.29) is 23.6 Å². The van der Waals surface area contributed by atoms with Crippen molar-refractivity contribution >= 4 is 0 Å². The summed E-state index contributed by atoms with van der Waals surface area (Å²) in [4.78, 5) is 0. The van der Waals surface area contributed by atoms with E-state index in [9.17, 15) is 5.11 Å². The molecule has 2 aromatic rings. The number of aliphatic hydroxyl groups excluding tert-OH is 1. The van der Waals surface area contributed by atoms with Gasteiger partial charge < -0.3 is 36.0 Å². The summed E-state index contributed by atoms with van der Waals surface area (Å²) >= 11 is 0. The number of hydrogen-bond acceptors (Lipinski definition) is 3. The summed E-state index contributed by atoms with van der Waals surface area (Å²) in [6.45, 7) is 1.72. The van der Waals surface area contributed by atoms with Crippen molar-refractivity contribution in [2.75, 3.05) is 47.5 Å². The van der Waals surface area contributed by atoms with E-state index in [4.69, 9.17) is 9.47 Å². The van der Waals surface area contributed by atoms with Crippen molar-refractivity contribution in [3.05, 3.63) is 71.8 Å². The fraction of sp³-hybridized carbons (Fsp3) is 0.429. The number of quaternary nitrogens is 1. The predicted octanol–water partition coefficient (Wildman–Crippen LogP) is -0.377. The van der Waals surface area contributed by atoms with Crippen LogP contribution in [0.2, 0.25) is 0 Å². The minimum atomic E-state index is -0.925. The molecule has 0 amide bonds. The van der Waals surface area contributed by atoms with Gasteiger partial charge >= 0.3 is 0 Å². The van der Waals surface area contributed by atoms with Crippen molar-refractivity contribution < 1.29 is 36.0 Å². The predicted molar refractivity (Wildman–Crippen MR) is 98.0 cm³/mol. The zero-order valence-corrected chi connectivity index (χ0v) is 17.3. The molecule has 1 fully saturated rings. The topological polar surface area (TPSA) is 38.7 Å². The maximum Gasteiger partial charge on any atom is 0.222 e. The third-order valence-corrected chi connectivity index (χ3v) is 4.62. The Morgan fingerprint density at radius 2 is 1.27 bits per heavy atom. The van der Waals surface area contributed by atoms with Gasteiger partial charge in [-0.3, -0.25) is 0 Å². The zero-order chi connectivity index (χ0) is 18.0. The van der Waals surface area contributed by atoms with Gasteiger partial charge in [0.2, 0.25) is 5.79 Å². The van der Waals surface area contributed by atoms with Gasteiger partial charge in [0.25, 0.3) is 0 Å². The van der Waals surface area contributed by atoms with Crippen LogP contribution in [0, 0.1) is 5.41 Å². The highest BCUT2D eigenvalue weighted by Crippen LogP contribution is 2.42. The van der Waals surface area contributed by atoms with Crippen LogP contribution < -0.4 is 17.0 Å². The lowest BCUT2D eigenvalue weighted by Gasteiger charge is -2.47. The monoisotopic (exact) mass is 421 g/mol. The number of ether oxygens (including phenoxy) is 2. The molecule has 1 aliphatic rings. The fourth-order valence-corrected chi connectivity index (χ4v) is 3.65. The molecule has 1 aliphatic heterocycles. The molecule has 0 aromatic heterocycles. The molecule has 4 nitrogen and oxygen atoms in total. The average Bonchev–Trinajstić information content (AvgIpc) is 2.63. The molecule has 5 heteroatoms. The molecule has 0 bridgehead atoms. The highest BCUT2D eigenvalue weighted by Gasteiger charge is 2.49. The van der Waals surface area contributed by atoms with E-state index in [1.54, 1.807) is 0 Å². The Morgan fingerprint density at radius 3 is 1.62 bits per heavy atom. The summed E-state index contributed by atoms with van der Waals surface area (Å²) < 4.78 is 13.5. The minimum absolute atomic E-state index is 0. The molecule has 1 saturated heterocycles. The van der Waals surface area contributed by atoms with Gasteiger partial charge in [-0.25, -0.2) is 0 Å². The molecule has 0 atom stereocenters. The van der Waals surface area contributed by atoms with Gasteiger partial charge in [0.1, 0.15) is 0 Å². The number of rotatable bonds is 5. The van der Waals surface area contributed by atoms with Crippen molar-refractivity contribution in [1.29, 1.82) is 0 Å². The number of halogens is 1. The first kappa shape index (κ1) is 21.1. The first-order chi connectivity index (χ1) is 11.9. The SMILES string of the molecule is C[N+](C)(C)CC1(CO)COC(c2ccccc2)(c2ccccc2)OC1.[Br-]. The summed E-state index contributed by atoms with van der Waals surface area (Å²) in [6, 6.07) is 20.0. The van der Waals surface area contributed by atoms with Crippen LogP contribution in [-0.4, -0.2) is 57.1 Å². The van der Waals surface area contributed by atoms with Crippen LogP contribution in [0.1, 0.15) is 11.1 Å². The van der Waals surface area contributed by atoms with Crippen LogP contribution in [-0.2, 0) is 15.3 Å². The minimum Gasteiger partial charge on any atom is -1.00 e. The summed E-state index contributed by atoms with van der Waals surface area (Å²) in [6.07, 6.45) is 0. The molecule has 2 aromatic carbocycles. The van der Waals surface area contributed by atoms with E-state index in [1.165, 1.54) is 0 Å². The van der Waals surface area contributed by atoms with Crippen molar-refractivity contribution in [2.24, 2.45) is 5.41 Å². The maximum absolute atomic E-state index is 10.0. The Bertz CT molecular complexity index is 636. The van der Waals surface area contributed by atoms with E-state index in [0.29, 0.717) is 13.2 Å². The lowest BCUT2D eigenvalue weighted by molar-refractivity contribution is -0.878. The van der Waals surface area contributed by atoms with Crippen molar-refractivity contribution in [3.8, 4) is 0 Å². The summed E-state index contributed by atoms with van der Waals surface area (Å²) in [7, 11) is 6.36.